The smallest absolute Gasteiger partial charge is 0.251 e. The quantitative estimate of drug-likeness (QED) is 0.350. The van der Waals surface area contributed by atoms with Crippen LogP contribution in [0.1, 0.15) is 53.1 Å². The third-order valence-electron chi connectivity index (χ3n) is 7.04. The van der Waals surface area contributed by atoms with Crippen molar-refractivity contribution < 1.29 is 14.3 Å². The van der Waals surface area contributed by atoms with Gasteiger partial charge in [-0.1, -0.05) is 23.8 Å². The molecule has 9 heteroatoms. The van der Waals surface area contributed by atoms with Crippen molar-refractivity contribution in [3.8, 4) is 11.4 Å². The number of fused-ring (bicyclic) bond motifs is 1. The van der Waals surface area contributed by atoms with E-state index in [1.54, 1.807) is 20.3 Å². The van der Waals surface area contributed by atoms with Gasteiger partial charge in [0, 0.05) is 24.8 Å². The Morgan fingerprint density at radius 1 is 1.00 bits per heavy atom. The van der Waals surface area contributed by atoms with Gasteiger partial charge < -0.3 is 20.1 Å². The van der Waals surface area contributed by atoms with Gasteiger partial charge in [0.25, 0.3) is 5.91 Å². The Bertz CT molecular complexity index is 1420. The number of hydrogen-bond donors (Lipinski definition) is 2. The van der Waals surface area contributed by atoms with Crippen LogP contribution in [0.5, 0.6) is 5.75 Å². The fraction of sp³-hybridized carbons (Fsp3) is 0.379. The summed E-state index contributed by atoms with van der Waals surface area (Å²) in [5.41, 5.74) is 4.38. The van der Waals surface area contributed by atoms with Gasteiger partial charge in [-0.3, -0.25) is 4.79 Å². The Kier molecular flexibility index (Phi) is 7.55. The number of ether oxygens (including phenoxy) is 2. The molecule has 2 heterocycles. The molecule has 0 aliphatic heterocycles. The zero-order valence-corrected chi connectivity index (χ0v) is 22.3. The first-order chi connectivity index (χ1) is 18.4. The second-order valence-corrected chi connectivity index (χ2v) is 9.85. The molecular formula is C29H34N6O3. The summed E-state index contributed by atoms with van der Waals surface area (Å²) >= 11 is 0. The zero-order valence-electron chi connectivity index (χ0n) is 22.3. The first kappa shape index (κ1) is 25.7. The Hall–Kier alpha value is -3.98. The third-order valence-corrected chi connectivity index (χ3v) is 7.04. The molecule has 1 aliphatic carbocycles. The number of amides is 1. The van der Waals surface area contributed by atoms with Crippen molar-refractivity contribution in [3.05, 3.63) is 71.2 Å². The standard InChI is InChI=1S/C29H34N6O3/c1-18-8-14-23(15-9-18)35-28-26(19(2)34-35)27(32-25(33-28)17-37-3)30-21-10-12-22(13-11-21)31-29(36)20-6-5-7-24(16-20)38-4/h5-9,14-16,21-22H,10-13,17H2,1-4H3,(H,31,36)(H,30,32,33). The normalized spacial score (nSPS) is 17.4. The summed E-state index contributed by atoms with van der Waals surface area (Å²) in [5, 5.41) is 12.6. The average molecular weight is 515 g/mol. The van der Waals surface area contributed by atoms with Crippen molar-refractivity contribution in [1.29, 1.82) is 0 Å². The van der Waals surface area contributed by atoms with Gasteiger partial charge >= 0.3 is 0 Å². The number of carbonyl (C=O) groups is 1. The molecule has 2 N–H and O–H groups in total. The first-order valence-electron chi connectivity index (χ1n) is 13.0. The van der Waals surface area contributed by atoms with Crippen LogP contribution in [-0.4, -0.2) is 52.0 Å². The Morgan fingerprint density at radius 3 is 2.45 bits per heavy atom. The minimum absolute atomic E-state index is 0.0684. The van der Waals surface area contributed by atoms with Crippen molar-refractivity contribution in [2.75, 3.05) is 19.5 Å². The topological polar surface area (TPSA) is 103 Å². The fourth-order valence-electron chi connectivity index (χ4n) is 5.00. The third kappa shape index (κ3) is 5.47. The van der Waals surface area contributed by atoms with Gasteiger partial charge in [-0.25, -0.2) is 14.6 Å². The SMILES string of the molecule is COCc1nc(NC2CCC(NC(=O)c3cccc(OC)c3)CC2)c2c(C)nn(-c3ccc(C)cc3)c2n1. The van der Waals surface area contributed by atoms with Gasteiger partial charge in [-0.15, -0.1) is 0 Å². The lowest BCUT2D eigenvalue weighted by Gasteiger charge is -2.30. The van der Waals surface area contributed by atoms with Gasteiger partial charge in [0.2, 0.25) is 0 Å². The monoisotopic (exact) mass is 514 g/mol. The van der Waals surface area contributed by atoms with E-state index in [9.17, 15) is 4.79 Å². The molecule has 5 rings (SSSR count). The van der Waals surface area contributed by atoms with Crippen LogP contribution in [0.2, 0.25) is 0 Å². The lowest BCUT2D eigenvalue weighted by atomic mass is 9.91. The molecule has 4 aromatic rings. The number of nitrogens with zero attached hydrogens (tertiary/aromatic N) is 4. The van der Waals surface area contributed by atoms with Crippen molar-refractivity contribution in [3.63, 3.8) is 0 Å². The van der Waals surface area contributed by atoms with Crippen LogP contribution in [0.15, 0.2) is 48.5 Å². The van der Waals surface area contributed by atoms with Crippen LogP contribution in [0.4, 0.5) is 5.82 Å². The van der Waals surface area contributed by atoms with E-state index in [0.717, 1.165) is 53.9 Å². The average Bonchev–Trinajstić information content (AvgIpc) is 3.26. The van der Waals surface area contributed by atoms with Crippen LogP contribution in [0.3, 0.4) is 0 Å². The van der Waals surface area contributed by atoms with Gasteiger partial charge in [0.1, 0.15) is 18.2 Å². The van der Waals surface area contributed by atoms with E-state index in [0.29, 0.717) is 23.7 Å². The number of hydrogen-bond acceptors (Lipinski definition) is 7. The van der Waals surface area contributed by atoms with E-state index < -0.39 is 0 Å². The molecule has 38 heavy (non-hydrogen) atoms. The van der Waals surface area contributed by atoms with Crippen LogP contribution in [0, 0.1) is 13.8 Å². The largest absolute Gasteiger partial charge is 0.497 e. The highest BCUT2D eigenvalue weighted by atomic mass is 16.5. The first-order valence-corrected chi connectivity index (χ1v) is 13.0. The van der Waals surface area contributed by atoms with E-state index in [1.807, 2.05) is 41.9 Å². The molecule has 0 saturated heterocycles. The minimum atomic E-state index is -0.0684. The molecule has 1 amide bonds. The highest BCUT2D eigenvalue weighted by Gasteiger charge is 2.25. The molecule has 2 aromatic heterocycles. The molecule has 0 bridgehead atoms. The molecule has 1 aliphatic rings. The number of methoxy groups -OCH3 is 2. The molecule has 198 valence electrons. The van der Waals surface area contributed by atoms with Crippen LogP contribution >= 0.6 is 0 Å². The molecule has 0 radical (unpaired) electrons. The second-order valence-electron chi connectivity index (χ2n) is 9.85. The molecule has 0 atom stereocenters. The summed E-state index contributed by atoms with van der Waals surface area (Å²) in [6, 6.07) is 15.8. The maximum atomic E-state index is 12.8. The molecule has 0 spiro atoms. The van der Waals surface area contributed by atoms with E-state index in [4.69, 9.17) is 24.5 Å². The number of rotatable bonds is 8. The van der Waals surface area contributed by atoms with E-state index in [2.05, 4.69) is 29.7 Å². The number of carbonyl (C=O) groups excluding carboxylic acids is 1. The van der Waals surface area contributed by atoms with E-state index in [-0.39, 0.29) is 18.0 Å². The Labute approximate surface area is 222 Å². The van der Waals surface area contributed by atoms with Gasteiger partial charge in [0.15, 0.2) is 11.5 Å². The lowest BCUT2D eigenvalue weighted by Crippen LogP contribution is -2.40. The summed E-state index contributed by atoms with van der Waals surface area (Å²) in [6.45, 7) is 4.37. The zero-order chi connectivity index (χ0) is 26.6. The molecular weight excluding hydrogens is 480 g/mol. The number of anilines is 1. The van der Waals surface area contributed by atoms with Crippen molar-refractivity contribution in [2.45, 2.75) is 58.2 Å². The predicted octanol–water partition coefficient (Wildman–Crippen LogP) is 4.74. The van der Waals surface area contributed by atoms with Crippen molar-refractivity contribution in [1.82, 2.24) is 25.1 Å². The van der Waals surface area contributed by atoms with Gasteiger partial charge in [-0.2, -0.15) is 5.10 Å². The summed E-state index contributed by atoms with van der Waals surface area (Å²) in [6.07, 6.45) is 3.60. The molecule has 1 fully saturated rings. The molecule has 1 saturated carbocycles. The van der Waals surface area contributed by atoms with Crippen LogP contribution < -0.4 is 15.4 Å². The highest BCUT2D eigenvalue weighted by molar-refractivity contribution is 5.94. The maximum absolute atomic E-state index is 12.8. The van der Waals surface area contributed by atoms with Gasteiger partial charge in [-0.05, 0) is 69.9 Å². The highest BCUT2D eigenvalue weighted by Crippen LogP contribution is 2.30. The number of benzene rings is 2. The molecule has 9 nitrogen and oxygen atoms in total. The van der Waals surface area contributed by atoms with Crippen molar-refractivity contribution in [2.24, 2.45) is 0 Å². The summed E-state index contributed by atoms with van der Waals surface area (Å²) in [7, 11) is 3.24. The number of aryl methyl sites for hydroxylation is 2. The number of nitrogens with one attached hydrogen (secondary N) is 2. The summed E-state index contributed by atoms with van der Waals surface area (Å²) < 4.78 is 12.5. The van der Waals surface area contributed by atoms with Crippen LogP contribution in [0.25, 0.3) is 16.7 Å². The van der Waals surface area contributed by atoms with E-state index in [1.165, 1.54) is 5.56 Å². The summed E-state index contributed by atoms with van der Waals surface area (Å²) in [5.74, 6) is 1.99. The maximum Gasteiger partial charge on any atom is 0.251 e. The van der Waals surface area contributed by atoms with Gasteiger partial charge in [0.05, 0.1) is 23.9 Å². The molecule has 0 unspecified atom stereocenters. The predicted molar refractivity (Wildman–Crippen MR) is 147 cm³/mol. The Morgan fingerprint density at radius 2 is 1.74 bits per heavy atom. The van der Waals surface area contributed by atoms with E-state index >= 15 is 0 Å². The Balaban J connectivity index is 1.32. The second kappa shape index (κ2) is 11.2. The van der Waals surface area contributed by atoms with Crippen molar-refractivity contribution >= 4 is 22.8 Å². The summed E-state index contributed by atoms with van der Waals surface area (Å²) in [4.78, 5) is 22.4. The fourth-order valence-corrected chi connectivity index (χ4v) is 5.00. The number of aromatic nitrogens is 4. The van der Waals surface area contributed by atoms with Crippen LogP contribution in [-0.2, 0) is 11.3 Å². The molecule has 2 aromatic carbocycles. The lowest BCUT2D eigenvalue weighted by molar-refractivity contribution is 0.0926. The minimum Gasteiger partial charge on any atom is -0.497 e.